The van der Waals surface area contributed by atoms with Crippen molar-refractivity contribution in [3.63, 3.8) is 0 Å². The number of likely N-dealkylation sites (N-methyl/N-ethyl adjacent to an activating group) is 1. The van der Waals surface area contributed by atoms with Crippen LogP contribution in [0.15, 0.2) is 0 Å². The molecule has 0 heterocycles. The van der Waals surface area contributed by atoms with E-state index in [4.69, 9.17) is 5.73 Å². The Bertz CT molecular complexity index is 193. The molecule has 88 valence electrons. The molecule has 15 heavy (non-hydrogen) atoms. The number of nitrogens with two attached hydrogens (primary N) is 1. The Morgan fingerprint density at radius 2 is 2.20 bits per heavy atom. The van der Waals surface area contributed by atoms with E-state index in [2.05, 4.69) is 5.32 Å². The number of hydrogen-bond acceptors (Lipinski definition) is 3. The Kier molecular flexibility index (Phi) is 6.10. The highest BCUT2D eigenvalue weighted by atomic mass is 32.2. The number of amides is 1. The fourth-order valence-corrected chi connectivity index (χ4v) is 3.37. The lowest BCUT2D eigenvalue weighted by molar-refractivity contribution is -0.120. The highest BCUT2D eigenvalue weighted by molar-refractivity contribution is 7.99. The third kappa shape index (κ3) is 4.89. The van der Waals surface area contributed by atoms with Crippen LogP contribution in [0.1, 0.15) is 39.0 Å². The van der Waals surface area contributed by atoms with Crippen molar-refractivity contribution < 1.29 is 4.79 Å². The summed E-state index contributed by atoms with van der Waals surface area (Å²) in [5.74, 6) is 0.828. The molecule has 0 bridgehead atoms. The van der Waals surface area contributed by atoms with Gasteiger partial charge in [-0.25, -0.2) is 0 Å². The van der Waals surface area contributed by atoms with Gasteiger partial charge < -0.3 is 11.1 Å². The third-order valence-corrected chi connectivity index (χ3v) is 4.27. The van der Waals surface area contributed by atoms with Gasteiger partial charge in [0.25, 0.3) is 0 Å². The van der Waals surface area contributed by atoms with Gasteiger partial charge in [0.15, 0.2) is 0 Å². The highest BCUT2D eigenvalue weighted by Gasteiger charge is 2.17. The monoisotopic (exact) mass is 230 g/mol. The average Bonchev–Trinajstić information content (AvgIpc) is 2.69. The lowest BCUT2D eigenvalue weighted by Crippen LogP contribution is -2.41. The van der Waals surface area contributed by atoms with Crippen LogP contribution in [0.5, 0.6) is 0 Å². The Morgan fingerprint density at radius 3 is 2.73 bits per heavy atom. The number of rotatable bonds is 7. The van der Waals surface area contributed by atoms with Crippen molar-refractivity contribution in [2.24, 2.45) is 5.73 Å². The molecule has 0 aliphatic heterocycles. The predicted molar refractivity (Wildman–Crippen MR) is 66.0 cm³/mol. The molecule has 4 heteroatoms. The number of thioether (sulfide) groups is 1. The summed E-state index contributed by atoms with van der Waals surface area (Å²) in [4.78, 5) is 11.1. The zero-order chi connectivity index (χ0) is 11.1. The molecule has 1 atom stereocenters. The van der Waals surface area contributed by atoms with Crippen molar-refractivity contribution in [3.05, 3.63) is 0 Å². The van der Waals surface area contributed by atoms with Crippen molar-refractivity contribution in [2.75, 3.05) is 12.3 Å². The summed E-state index contributed by atoms with van der Waals surface area (Å²) in [5.41, 5.74) is 5.31. The molecule has 1 fully saturated rings. The summed E-state index contributed by atoms with van der Waals surface area (Å²) >= 11 is 2.01. The van der Waals surface area contributed by atoms with E-state index in [9.17, 15) is 4.79 Å². The van der Waals surface area contributed by atoms with Crippen molar-refractivity contribution in [1.29, 1.82) is 0 Å². The fraction of sp³-hybridized carbons (Fsp3) is 0.909. The number of nitrogens with one attached hydrogen (secondary N) is 1. The third-order valence-electron chi connectivity index (χ3n) is 2.86. The second-order valence-corrected chi connectivity index (χ2v) is 5.49. The minimum atomic E-state index is -0.219. The standard InChI is InChI=1S/C11H22N2OS/c1-2-13-10(11(12)14)7-8-15-9-5-3-4-6-9/h9-10,13H,2-8H2,1H3,(H2,12,14). The van der Waals surface area contributed by atoms with Gasteiger partial charge in [0.05, 0.1) is 6.04 Å². The lowest BCUT2D eigenvalue weighted by atomic mass is 10.2. The van der Waals surface area contributed by atoms with E-state index >= 15 is 0 Å². The van der Waals surface area contributed by atoms with Crippen LogP contribution in [0.3, 0.4) is 0 Å². The zero-order valence-electron chi connectivity index (χ0n) is 9.50. The van der Waals surface area contributed by atoms with E-state index in [1.165, 1.54) is 25.7 Å². The van der Waals surface area contributed by atoms with E-state index in [1.54, 1.807) is 0 Å². The van der Waals surface area contributed by atoms with Crippen LogP contribution in [-0.4, -0.2) is 29.5 Å². The van der Waals surface area contributed by atoms with Gasteiger partial charge in [0.2, 0.25) is 5.91 Å². The molecule has 1 unspecified atom stereocenters. The van der Waals surface area contributed by atoms with E-state index in [0.29, 0.717) is 0 Å². The van der Waals surface area contributed by atoms with Gasteiger partial charge in [-0.2, -0.15) is 11.8 Å². The smallest absolute Gasteiger partial charge is 0.234 e. The largest absolute Gasteiger partial charge is 0.368 e. The molecule has 1 amide bonds. The van der Waals surface area contributed by atoms with Crippen LogP contribution in [0, 0.1) is 0 Å². The van der Waals surface area contributed by atoms with Gasteiger partial charge >= 0.3 is 0 Å². The average molecular weight is 230 g/mol. The van der Waals surface area contributed by atoms with E-state index in [0.717, 1.165) is 24.0 Å². The number of carbonyl (C=O) groups excluding carboxylic acids is 1. The van der Waals surface area contributed by atoms with Crippen LogP contribution < -0.4 is 11.1 Å². The summed E-state index contributed by atoms with van der Waals surface area (Å²) in [5, 5.41) is 3.95. The molecule has 1 rings (SSSR count). The number of primary amides is 1. The van der Waals surface area contributed by atoms with Gasteiger partial charge in [-0.3, -0.25) is 4.79 Å². The Labute approximate surface area is 96.6 Å². The summed E-state index contributed by atoms with van der Waals surface area (Å²) in [6.45, 7) is 2.81. The number of hydrogen-bond donors (Lipinski definition) is 2. The molecule has 3 N–H and O–H groups in total. The van der Waals surface area contributed by atoms with E-state index in [1.807, 2.05) is 18.7 Å². The first-order valence-corrected chi connectivity index (χ1v) is 6.93. The Balaban J connectivity index is 2.12. The molecule has 1 aliphatic rings. The molecular weight excluding hydrogens is 208 g/mol. The van der Waals surface area contributed by atoms with Crippen molar-refractivity contribution in [3.8, 4) is 0 Å². The van der Waals surface area contributed by atoms with Gasteiger partial charge in [0.1, 0.15) is 0 Å². The summed E-state index contributed by atoms with van der Waals surface area (Å²) in [6.07, 6.45) is 6.33. The first kappa shape index (κ1) is 12.8. The normalized spacial score (nSPS) is 19.3. The second-order valence-electron chi connectivity index (χ2n) is 4.08. The van der Waals surface area contributed by atoms with Crippen LogP contribution in [0.4, 0.5) is 0 Å². The lowest BCUT2D eigenvalue weighted by Gasteiger charge is -2.15. The van der Waals surface area contributed by atoms with Gasteiger partial charge in [0, 0.05) is 5.25 Å². The molecule has 0 radical (unpaired) electrons. The maximum Gasteiger partial charge on any atom is 0.234 e. The summed E-state index contributed by atoms with van der Waals surface area (Å²) < 4.78 is 0. The molecule has 0 aromatic rings. The first-order chi connectivity index (χ1) is 7.24. The fourth-order valence-electron chi connectivity index (χ4n) is 2.00. The molecule has 0 aromatic heterocycles. The second kappa shape index (κ2) is 7.12. The maximum absolute atomic E-state index is 11.1. The first-order valence-electron chi connectivity index (χ1n) is 5.88. The topological polar surface area (TPSA) is 55.1 Å². The zero-order valence-corrected chi connectivity index (χ0v) is 10.3. The van der Waals surface area contributed by atoms with Crippen molar-refractivity contribution in [1.82, 2.24) is 5.32 Å². The summed E-state index contributed by atoms with van der Waals surface area (Å²) in [6, 6.07) is -0.135. The molecule has 1 saturated carbocycles. The minimum absolute atomic E-state index is 0.135. The molecule has 0 aromatic carbocycles. The Hall–Kier alpha value is -0.220. The van der Waals surface area contributed by atoms with Crippen LogP contribution in [0.2, 0.25) is 0 Å². The molecule has 0 saturated heterocycles. The van der Waals surface area contributed by atoms with Crippen molar-refractivity contribution >= 4 is 17.7 Å². The molecular formula is C11H22N2OS. The molecule has 0 spiro atoms. The van der Waals surface area contributed by atoms with Crippen LogP contribution in [0.25, 0.3) is 0 Å². The molecule has 1 aliphatic carbocycles. The molecule has 3 nitrogen and oxygen atoms in total. The Morgan fingerprint density at radius 1 is 1.53 bits per heavy atom. The van der Waals surface area contributed by atoms with Crippen molar-refractivity contribution in [2.45, 2.75) is 50.3 Å². The van der Waals surface area contributed by atoms with E-state index < -0.39 is 0 Å². The van der Waals surface area contributed by atoms with E-state index in [-0.39, 0.29) is 11.9 Å². The van der Waals surface area contributed by atoms with Gasteiger partial charge in [-0.05, 0) is 31.6 Å². The SMILES string of the molecule is CCNC(CCSC1CCCC1)C(N)=O. The highest BCUT2D eigenvalue weighted by Crippen LogP contribution is 2.29. The van der Waals surface area contributed by atoms with Gasteiger partial charge in [-0.1, -0.05) is 19.8 Å². The van der Waals surface area contributed by atoms with Crippen LogP contribution >= 0.6 is 11.8 Å². The predicted octanol–water partition coefficient (Wildman–Crippen LogP) is 1.52. The maximum atomic E-state index is 11.1. The minimum Gasteiger partial charge on any atom is -0.368 e. The van der Waals surface area contributed by atoms with Gasteiger partial charge in [-0.15, -0.1) is 0 Å². The van der Waals surface area contributed by atoms with Crippen LogP contribution in [-0.2, 0) is 4.79 Å². The quantitative estimate of drug-likeness (QED) is 0.697. The summed E-state index contributed by atoms with van der Waals surface area (Å²) in [7, 11) is 0. The number of carbonyl (C=O) groups is 1.